The van der Waals surface area contributed by atoms with Gasteiger partial charge in [-0.05, 0) is 62.6 Å². The number of likely N-dealkylation sites (tertiary alicyclic amines) is 1. The van der Waals surface area contributed by atoms with Gasteiger partial charge >= 0.3 is 0 Å². The van der Waals surface area contributed by atoms with Gasteiger partial charge in [-0.25, -0.2) is 9.97 Å². The van der Waals surface area contributed by atoms with E-state index in [0.717, 1.165) is 35.3 Å². The summed E-state index contributed by atoms with van der Waals surface area (Å²) in [5, 5.41) is 5.89. The molecule has 2 amide bonds. The fourth-order valence-corrected chi connectivity index (χ4v) is 4.39. The molecule has 8 heteroatoms. The maximum absolute atomic E-state index is 13.6. The fourth-order valence-electron chi connectivity index (χ4n) is 4.39. The van der Waals surface area contributed by atoms with Crippen LogP contribution in [0.2, 0.25) is 0 Å². The largest absolute Gasteiger partial charge is 0.343 e. The van der Waals surface area contributed by atoms with Crippen molar-refractivity contribution in [2.24, 2.45) is 5.92 Å². The first-order valence-electron chi connectivity index (χ1n) is 11.6. The van der Waals surface area contributed by atoms with Gasteiger partial charge in [0, 0.05) is 12.7 Å². The summed E-state index contributed by atoms with van der Waals surface area (Å²) < 4.78 is 1.97. The Morgan fingerprint density at radius 3 is 2.67 bits per heavy atom. The Morgan fingerprint density at radius 2 is 1.91 bits per heavy atom. The molecule has 0 radical (unpaired) electrons. The highest BCUT2D eigenvalue weighted by Crippen LogP contribution is 2.33. The zero-order valence-electron chi connectivity index (χ0n) is 19.7. The van der Waals surface area contributed by atoms with Gasteiger partial charge in [-0.2, -0.15) is 0 Å². The molecule has 2 N–H and O–H groups in total. The summed E-state index contributed by atoms with van der Waals surface area (Å²) >= 11 is 0. The molecule has 0 unspecified atom stereocenters. The summed E-state index contributed by atoms with van der Waals surface area (Å²) in [5.41, 5.74) is 2.94. The van der Waals surface area contributed by atoms with Crippen LogP contribution in [0.1, 0.15) is 45.2 Å². The number of para-hydroxylation sites is 2. The topological polar surface area (TPSA) is 92.2 Å². The van der Waals surface area contributed by atoms with Gasteiger partial charge in [0.25, 0.3) is 0 Å². The first kappa shape index (κ1) is 22.9. The van der Waals surface area contributed by atoms with Crippen LogP contribution in [0.4, 0.5) is 0 Å². The van der Waals surface area contributed by atoms with Crippen LogP contribution in [-0.4, -0.2) is 56.9 Å². The Bertz CT molecular complexity index is 1140. The van der Waals surface area contributed by atoms with Crippen molar-refractivity contribution in [3.05, 3.63) is 54.5 Å². The zero-order chi connectivity index (χ0) is 23.5. The van der Waals surface area contributed by atoms with Crippen molar-refractivity contribution in [3.63, 3.8) is 0 Å². The standard InChI is InChI=1S/C25H32N6O2/c1-16(2)23(29-24(32)17(3)26-4)25(33)30-13-7-10-20(30)18-11-12-27-22(14-18)31-15-28-19-8-5-6-9-21(19)31/h5-6,8-9,11-12,14-17,20,23,26H,7,10,13H2,1-4H3,(H,29,32)/t17-,20-,23-/m0/s1. The van der Waals surface area contributed by atoms with Crippen LogP contribution in [0, 0.1) is 5.92 Å². The maximum atomic E-state index is 13.6. The number of fused-ring (bicyclic) bond motifs is 1. The number of pyridine rings is 1. The van der Waals surface area contributed by atoms with E-state index in [1.54, 1.807) is 26.5 Å². The Morgan fingerprint density at radius 1 is 1.12 bits per heavy atom. The number of carbonyl (C=O) groups is 2. The Kier molecular flexibility index (Phi) is 6.74. The van der Waals surface area contributed by atoms with Gasteiger partial charge in [0.2, 0.25) is 11.8 Å². The second-order valence-corrected chi connectivity index (χ2v) is 8.98. The molecule has 8 nitrogen and oxygen atoms in total. The number of carbonyl (C=O) groups excluding carboxylic acids is 2. The van der Waals surface area contributed by atoms with Gasteiger partial charge in [0.05, 0.1) is 23.1 Å². The zero-order valence-corrected chi connectivity index (χ0v) is 19.7. The van der Waals surface area contributed by atoms with Crippen molar-refractivity contribution in [1.82, 2.24) is 30.1 Å². The number of rotatable bonds is 7. The van der Waals surface area contributed by atoms with Crippen molar-refractivity contribution in [2.75, 3.05) is 13.6 Å². The van der Waals surface area contributed by atoms with Crippen molar-refractivity contribution in [2.45, 2.75) is 51.7 Å². The molecular weight excluding hydrogens is 416 g/mol. The summed E-state index contributed by atoms with van der Waals surface area (Å²) in [6.45, 7) is 6.39. The number of hydrogen-bond donors (Lipinski definition) is 2. The van der Waals surface area contributed by atoms with Crippen LogP contribution in [0.5, 0.6) is 0 Å². The third-order valence-corrected chi connectivity index (χ3v) is 6.45. The lowest BCUT2D eigenvalue weighted by molar-refractivity contribution is -0.138. The van der Waals surface area contributed by atoms with Crippen LogP contribution in [0.25, 0.3) is 16.9 Å². The third kappa shape index (κ3) is 4.61. The molecule has 3 heterocycles. The highest BCUT2D eigenvalue weighted by atomic mass is 16.2. The molecule has 1 saturated heterocycles. The number of aromatic nitrogens is 3. The third-order valence-electron chi connectivity index (χ3n) is 6.45. The van der Waals surface area contributed by atoms with Crippen molar-refractivity contribution >= 4 is 22.8 Å². The Labute approximate surface area is 194 Å². The Balaban J connectivity index is 1.60. The van der Waals surface area contributed by atoms with Gasteiger partial charge in [-0.3, -0.25) is 14.2 Å². The number of benzene rings is 1. The molecule has 33 heavy (non-hydrogen) atoms. The van der Waals surface area contributed by atoms with Gasteiger partial charge < -0.3 is 15.5 Å². The molecular formula is C25H32N6O2. The van der Waals surface area contributed by atoms with Crippen molar-refractivity contribution in [3.8, 4) is 5.82 Å². The highest BCUT2D eigenvalue weighted by Gasteiger charge is 2.36. The molecule has 3 aromatic rings. The summed E-state index contributed by atoms with van der Waals surface area (Å²) in [7, 11) is 1.73. The number of nitrogens with one attached hydrogen (secondary N) is 2. The monoisotopic (exact) mass is 448 g/mol. The molecule has 0 aliphatic carbocycles. The van der Waals surface area contributed by atoms with Gasteiger partial charge in [-0.1, -0.05) is 26.0 Å². The lowest BCUT2D eigenvalue weighted by Gasteiger charge is -2.32. The minimum Gasteiger partial charge on any atom is -0.343 e. The van der Waals surface area contributed by atoms with Crippen LogP contribution in [0.3, 0.4) is 0 Å². The molecule has 2 aromatic heterocycles. The SMILES string of the molecule is CN[C@@H](C)C(=O)N[C@H](C(=O)N1CCC[C@H]1c1ccnc(-n2cnc3ccccc32)c1)C(C)C. The average molecular weight is 449 g/mol. The maximum Gasteiger partial charge on any atom is 0.245 e. The first-order chi connectivity index (χ1) is 15.9. The number of imidazole rings is 1. The number of nitrogens with zero attached hydrogens (tertiary/aromatic N) is 4. The van der Waals surface area contributed by atoms with Gasteiger partial charge in [0.1, 0.15) is 18.2 Å². The van der Waals surface area contributed by atoms with Crippen LogP contribution in [-0.2, 0) is 9.59 Å². The van der Waals surface area contributed by atoms with Gasteiger partial charge in [-0.15, -0.1) is 0 Å². The molecule has 1 aromatic carbocycles. The molecule has 1 aliphatic heterocycles. The predicted molar refractivity (Wildman–Crippen MR) is 128 cm³/mol. The summed E-state index contributed by atoms with van der Waals surface area (Å²) in [5.74, 6) is 0.559. The van der Waals surface area contributed by atoms with E-state index < -0.39 is 6.04 Å². The summed E-state index contributed by atoms with van der Waals surface area (Å²) in [4.78, 5) is 37.0. The fraction of sp³-hybridized carbons (Fsp3) is 0.440. The van der Waals surface area contributed by atoms with Crippen LogP contribution >= 0.6 is 0 Å². The van der Waals surface area contributed by atoms with Crippen molar-refractivity contribution < 1.29 is 9.59 Å². The predicted octanol–water partition coefficient (Wildman–Crippen LogP) is 2.83. The molecule has 1 aliphatic rings. The number of hydrogen-bond acceptors (Lipinski definition) is 5. The number of amides is 2. The number of likely N-dealkylation sites (N-methyl/N-ethyl adjacent to an activating group) is 1. The second kappa shape index (κ2) is 9.70. The van der Waals surface area contributed by atoms with Crippen LogP contribution < -0.4 is 10.6 Å². The quantitative estimate of drug-likeness (QED) is 0.580. The van der Waals surface area contributed by atoms with E-state index in [1.807, 2.05) is 59.7 Å². The molecule has 174 valence electrons. The smallest absolute Gasteiger partial charge is 0.245 e. The van der Waals surface area contributed by atoms with Gasteiger partial charge in [0.15, 0.2) is 0 Å². The molecule has 1 fully saturated rings. The second-order valence-electron chi connectivity index (χ2n) is 8.98. The molecule has 4 rings (SSSR count). The van der Waals surface area contributed by atoms with E-state index in [9.17, 15) is 9.59 Å². The minimum absolute atomic E-state index is 0.0166. The highest BCUT2D eigenvalue weighted by molar-refractivity contribution is 5.90. The molecule has 0 saturated carbocycles. The lowest BCUT2D eigenvalue weighted by Crippen LogP contribution is -2.54. The van der Waals surface area contributed by atoms with E-state index in [1.165, 1.54) is 0 Å². The summed E-state index contributed by atoms with van der Waals surface area (Å²) in [6, 6.07) is 11.0. The van der Waals surface area contributed by atoms with E-state index in [0.29, 0.717) is 6.54 Å². The molecule has 3 atom stereocenters. The Hall–Kier alpha value is -3.26. The first-order valence-corrected chi connectivity index (χ1v) is 11.6. The summed E-state index contributed by atoms with van der Waals surface area (Å²) in [6.07, 6.45) is 5.37. The van der Waals surface area contributed by atoms with E-state index in [-0.39, 0.29) is 29.8 Å². The minimum atomic E-state index is -0.562. The lowest BCUT2D eigenvalue weighted by atomic mass is 10.00. The van der Waals surface area contributed by atoms with E-state index >= 15 is 0 Å². The van der Waals surface area contributed by atoms with Crippen molar-refractivity contribution in [1.29, 1.82) is 0 Å². The average Bonchev–Trinajstić information content (AvgIpc) is 3.49. The van der Waals surface area contributed by atoms with E-state index in [4.69, 9.17) is 0 Å². The molecule has 0 bridgehead atoms. The van der Waals surface area contributed by atoms with E-state index in [2.05, 4.69) is 20.6 Å². The van der Waals surface area contributed by atoms with Crippen LogP contribution in [0.15, 0.2) is 48.9 Å². The normalized spacial score (nSPS) is 18.0. The molecule has 0 spiro atoms.